The average Bonchev–Trinajstić information content (AvgIpc) is 2.79. The zero-order valence-corrected chi connectivity index (χ0v) is 16.3. The Kier molecular flexibility index (Phi) is 5.61. The molecule has 0 unspecified atom stereocenters. The van der Waals surface area contributed by atoms with Crippen molar-refractivity contribution >= 4 is 17.4 Å². The largest absolute Gasteiger partial charge is 0.497 e. The number of nitrogens with zero attached hydrogens (tertiary/aromatic N) is 3. The monoisotopic (exact) mass is 389 g/mol. The first-order chi connectivity index (χ1) is 14.2. The predicted molar refractivity (Wildman–Crippen MR) is 113 cm³/mol. The second-order valence-corrected chi connectivity index (χ2v) is 6.76. The lowest BCUT2D eigenvalue weighted by atomic mass is 10.1. The van der Waals surface area contributed by atoms with E-state index in [0.29, 0.717) is 18.8 Å². The van der Waals surface area contributed by atoms with Crippen LogP contribution < -0.4 is 19.3 Å². The summed E-state index contributed by atoms with van der Waals surface area (Å²) in [4.78, 5) is 21.4. The van der Waals surface area contributed by atoms with E-state index in [-0.39, 0.29) is 12.5 Å². The number of fused-ring (bicyclic) bond motifs is 1. The molecule has 0 saturated carbocycles. The van der Waals surface area contributed by atoms with E-state index in [0.717, 1.165) is 23.8 Å². The van der Waals surface area contributed by atoms with Gasteiger partial charge in [0.25, 0.3) is 5.91 Å². The summed E-state index contributed by atoms with van der Waals surface area (Å²) in [6, 6.07) is 21.3. The highest BCUT2D eigenvalue weighted by Gasteiger charge is 2.28. The Labute approximate surface area is 170 Å². The number of pyridine rings is 1. The van der Waals surface area contributed by atoms with Crippen molar-refractivity contribution in [2.75, 3.05) is 36.6 Å². The van der Waals surface area contributed by atoms with Gasteiger partial charge in [-0.25, -0.2) is 4.98 Å². The molecule has 2 heterocycles. The summed E-state index contributed by atoms with van der Waals surface area (Å²) in [5, 5.41) is 0. The van der Waals surface area contributed by atoms with Gasteiger partial charge < -0.3 is 19.3 Å². The van der Waals surface area contributed by atoms with Crippen LogP contribution in [0.15, 0.2) is 72.9 Å². The number of benzene rings is 2. The number of amides is 1. The quantitative estimate of drug-likeness (QED) is 0.646. The molecule has 6 nitrogen and oxygen atoms in total. The first-order valence-electron chi connectivity index (χ1n) is 9.56. The van der Waals surface area contributed by atoms with Crippen LogP contribution in [-0.2, 0) is 11.3 Å². The van der Waals surface area contributed by atoms with Crippen molar-refractivity contribution in [2.24, 2.45) is 0 Å². The molecule has 0 saturated heterocycles. The lowest BCUT2D eigenvalue weighted by Gasteiger charge is -2.36. The van der Waals surface area contributed by atoms with Gasteiger partial charge in [-0.1, -0.05) is 30.3 Å². The molecule has 0 atom stereocenters. The standard InChI is InChI=1S/C23H23N3O3/c1-28-19-9-11-20(12-10-19)29-17-22(27)26-15-14-25(16-18-6-3-2-4-7-18)23-21(26)8-5-13-24-23/h2-13H,14-17H2,1H3. The molecule has 3 aromatic rings. The first-order valence-corrected chi connectivity index (χ1v) is 9.56. The van der Waals surface area contributed by atoms with Crippen molar-refractivity contribution in [1.29, 1.82) is 0 Å². The summed E-state index contributed by atoms with van der Waals surface area (Å²) >= 11 is 0. The summed E-state index contributed by atoms with van der Waals surface area (Å²) < 4.78 is 10.8. The van der Waals surface area contributed by atoms with Gasteiger partial charge in [-0.2, -0.15) is 0 Å². The Balaban J connectivity index is 1.46. The van der Waals surface area contributed by atoms with Gasteiger partial charge in [0.1, 0.15) is 11.5 Å². The van der Waals surface area contributed by atoms with Gasteiger partial charge in [0.05, 0.1) is 12.8 Å². The summed E-state index contributed by atoms with van der Waals surface area (Å²) in [6.45, 7) is 2.04. The second kappa shape index (κ2) is 8.65. The van der Waals surface area contributed by atoms with E-state index in [4.69, 9.17) is 9.47 Å². The van der Waals surface area contributed by atoms with Crippen LogP contribution in [0.4, 0.5) is 11.5 Å². The molecule has 29 heavy (non-hydrogen) atoms. The number of carbonyl (C=O) groups is 1. The van der Waals surface area contributed by atoms with Gasteiger partial charge in [0.15, 0.2) is 12.4 Å². The summed E-state index contributed by atoms with van der Waals surface area (Å²) in [6.07, 6.45) is 1.76. The molecule has 0 fully saturated rings. The molecule has 0 radical (unpaired) electrons. The van der Waals surface area contributed by atoms with E-state index in [9.17, 15) is 4.79 Å². The number of hydrogen-bond acceptors (Lipinski definition) is 5. The smallest absolute Gasteiger partial charge is 0.265 e. The van der Waals surface area contributed by atoms with Crippen molar-refractivity contribution in [3.05, 3.63) is 78.5 Å². The van der Waals surface area contributed by atoms with Crippen LogP contribution in [0.1, 0.15) is 5.56 Å². The van der Waals surface area contributed by atoms with Crippen molar-refractivity contribution < 1.29 is 14.3 Å². The summed E-state index contributed by atoms with van der Waals surface area (Å²) in [5.74, 6) is 2.11. The molecule has 1 aliphatic heterocycles. The Morgan fingerprint density at radius 1 is 0.966 bits per heavy atom. The van der Waals surface area contributed by atoms with E-state index in [1.807, 2.05) is 30.3 Å². The van der Waals surface area contributed by atoms with Crippen molar-refractivity contribution in [1.82, 2.24) is 4.98 Å². The number of rotatable bonds is 6. The molecule has 148 valence electrons. The van der Waals surface area contributed by atoms with Crippen molar-refractivity contribution in [3.63, 3.8) is 0 Å². The third kappa shape index (κ3) is 4.32. The Morgan fingerprint density at radius 2 is 1.72 bits per heavy atom. The normalized spacial score (nSPS) is 13.0. The number of ether oxygens (including phenoxy) is 2. The fraction of sp³-hybridized carbons (Fsp3) is 0.217. The van der Waals surface area contributed by atoms with E-state index in [1.165, 1.54) is 5.56 Å². The van der Waals surface area contributed by atoms with Gasteiger partial charge in [0, 0.05) is 25.8 Å². The lowest BCUT2D eigenvalue weighted by Crippen LogP contribution is -2.46. The Morgan fingerprint density at radius 3 is 2.48 bits per heavy atom. The molecule has 1 aliphatic rings. The molecular formula is C23H23N3O3. The van der Waals surface area contributed by atoms with Crippen molar-refractivity contribution in [2.45, 2.75) is 6.54 Å². The van der Waals surface area contributed by atoms with Crippen LogP contribution in [-0.4, -0.2) is 37.7 Å². The van der Waals surface area contributed by atoms with Gasteiger partial charge in [-0.3, -0.25) is 4.79 Å². The Hall–Kier alpha value is -3.54. The fourth-order valence-electron chi connectivity index (χ4n) is 3.40. The van der Waals surface area contributed by atoms with E-state index >= 15 is 0 Å². The molecule has 2 aromatic carbocycles. The number of methoxy groups -OCH3 is 1. The molecule has 0 N–H and O–H groups in total. The van der Waals surface area contributed by atoms with E-state index < -0.39 is 0 Å². The highest BCUT2D eigenvalue weighted by Crippen LogP contribution is 2.31. The summed E-state index contributed by atoms with van der Waals surface area (Å²) in [5.41, 5.74) is 2.03. The maximum Gasteiger partial charge on any atom is 0.265 e. The van der Waals surface area contributed by atoms with E-state index in [2.05, 4.69) is 22.0 Å². The van der Waals surface area contributed by atoms with Crippen LogP contribution in [0.25, 0.3) is 0 Å². The van der Waals surface area contributed by atoms with Crippen LogP contribution >= 0.6 is 0 Å². The van der Waals surface area contributed by atoms with Crippen LogP contribution in [0.2, 0.25) is 0 Å². The number of hydrogen-bond donors (Lipinski definition) is 0. The minimum atomic E-state index is -0.0885. The van der Waals surface area contributed by atoms with Gasteiger partial charge in [-0.15, -0.1) is 0 Å². The Bertz CT molecular complexity index is 961. The lowest BCUT2D eigenvalue weighted by molar-refractivity contribution is -0.120. The summed E-state index contributed by atoms with van der Waals surface area (Å²) in [7, 11) is 1.61. The maximum atomic E-state index is 12.9. The number of anilines is 2. The molecule has 0 bridgehead atoms. The first kappa shape index (κ1) is 18.8. The third-order valence-corrected chi connectivity index (χ3v) is 4.89. The van der Waals surface area contributed by atoms with Crippen LogP contribution in [0.5, 0.6) is 11.5 Å². The molecule has 1 amide bonds. The van der Waals surface area contributed by atoms with Crippen LogP contribution in [0.3, 0.4) is 0 Å². The van der Waals surface area contributed by atoms with Gasteiger partial charge >= 0.3 is 0 Å². The van der Waals surface area contributed by atoms with Crippen molar-refractivity contribution in [3.8, 4) is 11.5 Å². The maximum absolute atomic E-state index is 12.9. The minimum absolute atomic E-state index is 0.0284. The molecule has 4 rings (SSSR count). The molecule has 0 aliphatic carbocycles. The molecule has 0 spiro atoms. The topological polar surface area (TPSA) is 54.9 Å². The highest BCUT2D eigenvalue weighted by molar-refractivity contribution is 5.98. The van der Waals surface area contributed by atoms with Gasteiger partial charge in [0.2, 0.25) is 0 Å². The minimum Gasteiger partial charge on any atom is -0.497 e. The zero-order chi connectivity index (χ0) is 20.1. The average molecular weight is 389 g/mol. The number of carbonyl (C=O) groups excluding carboxylic acids is 1. The van der Waals surface area contributed by atoms with Gasteiger partial charge in [-0.05, 0) is 42.0 Å². The van der Waals surface area contributed by atoms with E-state index in [1.54, 1.807) is 42.5 Å². The van der Waals surface area contributed by atoms with Crippen LogP contribution in [0, 0.1) is 0 Å². The third-order valence-electron chi connectivity index (χ3n) is 4.89. The molecule has 1 aromatic heterocycles. The fourth-order valence-corrected chi connectivity index (χ4v) is 3.40. The SMILES string of the molecule is COc1ccc(OCC(=O)N2CCN(Cc3ccccc3)c3ncccc32)cc1. The molecular weight excluding hydrogens is 366 g/mol. The number of aromatic nitrogens is 1. The highest BCUT2D eigenvalue weighted by atomic mass is 16.5. The predicted octanol–water partition coefficient (Wildman–Crippen LogP) is 3.52. The zero-order valence-electron chi connectivity index (χ0n) is 16.3. The second-order valence-electron chi connectivity index (χ2n) is 6.76. The molecule has 6 heteroatoms.